The highest BCUT2D eigenvalue weighted by Crippen LogP contribution is 2.32. The lowest BCUT2D eigenvalue weighted by Crippen LogP contribution is -2.02. The SMILES string of the molecule is [C-]#[N+]c1ccc(C(=O)O)c(-c2ccccc2OC)n1. The Kier molecular flexibility index (Phi) is 3.44. The molecule has 5 nitrogen and oxygen atoms in total. The number of aromatic carboxylic acids is 1. The third-order valence-electron chi connectivity index (χ3n) is 2.59. The maximum Gasteiger partial charge on any atom is 0.340 e. The zero-order chi connectivity index (χ0) is 13.8. The number of methoxy groups -OCH3 is 1. The average Bonchev–Trinajstić information content (AvgIpc) is 2.46. The molecule has 1 N–H and O–H groups in total. The van der Waals surface area contributed by atoms with Crippen molar-refractivity contribution in [1.29, 1.82) is 0 Å². The van der Waals surface area contributed by atoms with Gasteiger partial charge in [0, 0.05) is 0 Å². The molecule has 1 aromatic heterocycles. The van der Waals surface area contributed by atoms with E-state index in [4.69, 9.17) is 11.3 Å². The number of ether oxygens (including phenoxy) is 1. The van der Waals surface area contributed by atoms with Crippen molar-refractivity contribution in [2.24, 2.45) is 0 Å². The van der Waals surface area contributed by atoms with Crippen molar-refractivity contribution in [1.82, 2.24) is 4.98 Å². The molecule has 1 heterocycles. The second-order valence-corrected chi connectivity index (χ2v) is 3.68. The summed E-state index contributed by atoms with van der Waals surface area (Å²) < 4.78 is 5.20. The Morgan fingerprint density at radius 1 is 1.32 bits per heavy atom. The molecule has 0 aliphatic carbocycles. The molecule has 94 valence electrons. The number of carbonyl (C=O) groups is 1. The van der Waals surface area contributed by atoms with Crippen LogP contribution in [0.2, 0.25) is 0 Å². The first-order valence-electron chi connectivity index (χ1n) is 5.42. The van der Waals surface area contributed by atoms with Crippen molar-refractivity contribution >= 4 is 11.8 Å². The Balaban J connectivity index is 2.72. The lowest BCUT2D eigenvalue weighted by atomic mass is 10.0. The smallest absolute Gasteiger partial charge is 0.340 e. The molecule has 19 heavy (non-hydrogen) atoms. The molecule has 0 aliphatic heterocycles. The van der Waals surface area contributed by atoms with Crippen LogP contribution in [-0.4, -0.2) is 23.2 Å². The van der Waals surface area contributed by atoms with Crippen LogP contribution in [0.4, 0.5) is 5.82 Å². The van der Waals surface area contributed by atoms with E-state index in [1.54, 1.807) is 24.3 Å². The van der Waals surface area contributed by atoms with Crippen LogP contribution in [0.3, 0.4) is 0 Å². The minimum absolute atomic E-state index is 0.0388. The summed E-state index contributed by atoms with van der Waals surface area (Å²) >= 11 is 0. The number of nitrogens with zero attached hydrogens (tertiary/aromatic N) is 2. The van der Waals surface area contributed by atoms with Crippen LogP contribution >= 0.6 is 0 Å². The topological polar surface area (TPSA) is 63.8 Å². The molecule has 0 saturated heterocycles. The summed E-state index contributed by atoms with van der Waals surface area (Å²) in [6, 6.07) is 9.73. The number of carboxylic acids is 1. The van der Waals surface area contributed by atoms with Gasteiger partial charge in [0.25, 0.3) is 5.82 Å². The van der Waals surface area contributed by atoms with E-state index in [1.165, 1.54) is 19.2 Å². The molecular weight excluding hydrogens is 244 g/mol. The van der Waals surface area contributed by atoms with Gasteiger partial charge in [0.05, 0.1) is 12.7 Å². The number of rotatable bonds is 3. The first-order valence-corrected chi connectivity index (χ1v) is 5.42. The van der Waals surface area contributed by atoms with Gasteiger partial charge in [-0.05, 0) is 18.2 Å². The van der Waals surface area contributed by atoms with E-state index in [2.05, 4.69) is 9.83 Å². The standard InChI is InChI=1S/C14H10N2O3/c1-15-12-8-7-10(14(17)18)13(16-12)9-5-3-4-6-11(9)19-2/h3-8H,2H3,(H,17,18). The van der Waals surface area contributed by atoms with Crippen LogP contribution in [0.1, 0.15) is 10.4 Å². The molecule has 0 amide bonds. The summed E-state index contributed by atoms with van der Waals surface area (Å²) in [5.41, 5.74) is 0.822. The van der Waals surface area contributed by atoms with Gasteiger partial charge >= 0.3 is 5.97 Å². The van der Waals surface area contributed by atoms with Gasteiger partial charge < -0.3 is 14.7 Å². The van der Waals surface area contributed by atoms with Gasteiger partial charge in [-0.3, -0.25) is 0 Å². The number of benzene rings is 1. The second kappa shape index (κ2) is 5.19. The third-order valence-corrected chi connectivity index (χ3v) is 2.59. The Hall–Kier alpha value is -2.87. The Labute approximate surface area is 109 Å². The summed E-state index contributed by atoms with van der Waals surface area (Å²) in [6.07, 6.45) is 0. The maximum absolute atomic E-state index is 11.2. The number of aromatic nitrogens is 1. The summed E-state index contributed by atoms with van der Waals surface area (Å²) in [5.74, 6) is -0.435. The van der Waals surface area contributed by atoms with Crippen molar-refractivity contribution in [3.63, 3.8) is 0 Å². The predicted octanol–water partition coefficient (Wildman–Crippen LogP) is 3.01. The van der Waals surface area contributed by atoms with Crippen molar-refractivity contribution in [3.05, 3.63) is 53.4 Å². The number of para-hydroxylation sites is 1. The zero-order valence-corrected chi connectivity index (χ0v) is 10.1. The molecule has 1 aromatic carbocycles. The summed E-state index contributed by atoms with van der Waals surface area (Å²) in [5, 5.41) is 9.20. The molecule has 0 aliphatic rings. The molecule has 0 spiro atoms. The molecule has 0 saturated carbocycles. The van der Waals surface area contributed by atoms with Crippen molar-refractivity contribution in [3.8, 4) is 17.0 Å². The van der Waals surface area contributed by atoms with Gasteiger partial charge in [0.15, 0.2) is 5.69 Å². The highest BCUT2D eigenvalue weighted by atomic mass is 16.5. The van der Waals surface area contributed by atoms with E-state index >= 15 is 0 Å². The summed E-state index contributed by atoms with van der Waals surface area (Å²) in [4.78, 5) is 18.5. The lowest BCUT2D eigenvalue weighted by Gasteiger charge is -2.07. The van der Waals surface area contributed by atoms with Gasteiger partial charge in [-0.1, -0.05) is 24.8 Å². The third kappa shape index (κ3) is 2.38. The van der Waals surface area contributed by atoms with Crippen molar-refractivity contribution in [2.75, 3.05) is 7.11 Å². The fraction of sp³-hybridized carbons (Fsp3) is 0.0714. The van der Waals surface area contributed by atoms with Gasteiger partial charge in [-0.25, -0.2) is 4.79 Å². The molecule has 0 radical (unpaired) electrons. The quantitative estimate of drug-likeness (QED) is 0.855. The van der Waals surface area contributed by atoms with Crippen LogP contribution in [0.25, 0.3) is 16.1 Å². The fourth-order valence-electron chi connectivity index (χ4n) is 1.73. The molecule has 0 unspecified atom stereocenters. The molecule has 0 bridgehead atoms. The molecular formula is C14H10N2O3. The first-order chi connectivity index (χ1) is 9.17. The Morgan fingerprint density at radius 2 is 2.05 bits per heavy atom. The summed E-state index contributed by atoms with van der Waals surface area (Å²) in [7, 11) is 1.50. The molecule has 2 aromatic rings. The van der Waals surface area contributed by atoms with Crippen LogP contribution in [0.5, 0.6) is 5.75 Å². The fourth-order valence-corrected chi connectivity index (χ4v) is 1.73. The highest BCUT2D eigenvalue weighted by Gasteiger charge is 2.20. The zero-order valence-electron chi connectivity index (χ0n) is 10.1. The number of hydrogen-bond acceptors (Lipinski definition) is 3. The van der Waals surface area contributed by atoms with Gasteiger partial charge in [-0.2, -0.15) is 0 Å². The number of hydrogen-bond donors (Lipinski definition) is 1. The van der Waals surface area contributed by atoms with Crippen LogP contribution in [0.15, 0.2) is 36.4 Å². The Morgan fingerprint density at radius 3 is 2.68 bits per heavy atom. The Bertz CT molecular complexity index is 675. The molecule has 0 fully saturated rings. The van der Waals surface area contributed by atoms with E-state index in [0.717, 1.165) is 0 Å². The minimum Gasteiger partial charge on any atom is -0.496 e. The van der Waals surface area contributed by atoms with Gasteiger partial charge in [-0.15, -0.1) is 4.98 Å². The average molecular weight is 254 g/mol. The van der Waals surface area contributed by atoms with E-state index in [1.807, 2.05) is 0 Å². The lowest BCUT2D eigenvalue weighted by molar-refractivity contribution is 0.0697. The van der Waals surface area contributed by atoms with E-state index in [9.17, 15) is 9.90 Å². The first kappa shape index (κ1) is 12.6. The van der Waals surface area contributed by atoms with Crippen LogP contribution in [0, 0.1) is 6.57 Å². The summed E-state index contributed by atoms with van der Waals surface area (Å²) in [6.45, 7) is 6.96. The van der Waals surface area contributed by atoms with Gasteiger partial charge in [0.2, 0.25) is 0 Å². The van der Waals surface area contributed by atoms with E-state index in [0.29, 0.717) is 11.3 Å². The molecule has 5 heteroatoms. The predicted molar refractivity (Wildman–Crippen MR) is 69.4 cm³/mol. The monoisotopic (exact) mass is 254 g/mol. The number of pyridine rings is 1. The largest absolute Gasteiger partial charge is 0.496 e. The van der Waals surface area contributed by atoms with Crippen LogP contribution < -0.4 is 4.74 Å². The second-order valence-electron chi connectivity index (χ2n) is 3.68. The van der Waals surface area contributed by atoms with Crippen LogP contribution in [-0.2, 0) is 0 Å². The number of carboxylic acid groups (broad SMARTS) is 1. The maximum atomic E-state index is 11.2. The van der Waals surface area contributed by atoms with Gasteiger partial charge in [0.1, 0.15) is 11.3 Å². The normalized spacial score (nSPS) is 9.68. The molecule has 0 atom stereocenters. The highest BCUT2D eigenvalue weighted by molar-refractivity contribution is 5.96. The van der Waals surface area contributed by atoms with Crippen molar-refractivity contribution in [2.45, 2.75) is 0 Å². The molecule has 2 rings (SSSR count). The van der Waals surface area contributed by atoms with Crippen molar-refractivity contribution < 1.29 is 14.6 Å². The minimum atomic E-state index is -1.09. The van der Waals surface area contributed by atoms with E-state index < -0.39 is 5.97 Å². The van der Waals surface area contributed by atoms with E-state index in [-0.39, 0.29) is 17.1 Å².